The van der Waals surface area contributed by atoms with E-state index in [-0.39, 0.29) is 24.0 Å². The van der Waals surface area contributed by atoms with Crippen molar-refractivity contribution in [1.29, 1.82) is 0 Å². The number of aromatic amines is 1. The fourth-order valence-electron chi connectivity index (χ4n) is 5.89. The number of hydrogen-bond acceptors (Lipinski definition) is 4. The zero-order valence-electron chi connectivity index (χ0n) is 24.9. The predicted octanol–water partition coefficient (Wildman–Crippen LogP) is 4.70. The third-order valence-corrected chi connectivity index (χ3v) is 8.51. The molecule has 7 nitrogen and oxygen atoms in total. The van der Waals surface area contributed by atoms with Crippen molar-refractivity contribution in [2.75, 3.05) is 0 Å². The summed E-state index contributed by atoms with van der Waals surface area (Å²) in [6.07, 6.45) is 3.15. The van der Waals surface area contributed by atoms with Crippen molar-refractivity contribution in [2.45, 2.75) is 58.3 Å². The van der Waals surface area contributed by atoms with E-state index in [2.05, 4.69) is 15.6 Å². The van der Waals surface area contributed by atoms with Gasteiger partial charge in [-0.2, -0.15) is 0 Å². The highest BCUT2D eigenvalue weighted by atomic mass is 16.2. The Bertz CT molecular complexity index is 1660. The fraction of sp³-hybridized carbons (Fsp3) is 0.286. The van der Waals surface area contributed by atoms with Crippen LogP contribution in [0.1, 0.15) is 42.5 Å². The maximum absolute atomic E-state index is 13.8. The molecule has 0 bridgehead atoms. The number of ketones is 1. The first kappa shape index (κ1) is 30.0. The molecular formula is C35H38BN3O4. The molecule has 8 heteroatoms. The van der Waals surface area contributed by atoms with Gasteiger partial charge in [0.2, 0.25) is 11.8 Å². The SMILES string of the molecule is CB(O)[C@H](Cc1ccccc1)NC(=O)[C@@H](CC(=O)[C@@H](C)NC(=O)C1=C(C)c2ccccc2C1)Cc1c[nH]c2ccccc12. The van der Waals surface area contributed by atoms with Gasteiger partial charge in [0, 0.05) is 47.4 Å². The van der Waals surface area contributed by atoms with Crippen molar-refractivity contribution in [3.63, 3.8) is 0 Å². The summed E-state index contributed by atoms with van der Waals surface area (Å²) in [5.41, 5.74) is 6.62. The lowest BCUT2D eigenvalue weighted by Crippen LogP contribution is -2.49. The highest BCUT2D eigenvalue weighted by molar-refractivity contribution is 6.51. The second kappa shape index (κ2) is 13.3. The van der Waals surface area contributed by atoms with Crippen LogP contribution in [0.4, 0.5) is 0 Å². The van der Waals surface area contributed by atoms with Gasteiger partial charge in [-0.1, -0.05) is 79.6 Å². The maximum atomic E-state index is 13.8. The van der Waals surface area contributed by atoms with E-state index in [1.54, 1.807) is 13.7 Å². The van der Waals surface area contributed by atoms with E-state index in [9.17, 15) is 19.4 Å². The van der Waals surface area contributed by atoms with Crippen LogP contribution in [0, 0.1) is 5.92 Å². The van der Waals surface area contributed by atoms with Crippen LogP contribution in [-0.4, -0.2) is 46.5 Å². The van der Waals surface area contributed by atoms with Crippen LogP contribution in [0.5, 0.6) is 0 Å². The Morgan fingerprint density at radius 2 is 1.63 bits per heavy atom. The minimum atomic E-state index is -0.793. The zero-order chi connectivity index (χ0) is 30.5. The van der Waals surface area contributed by atoms with Crippen LogP contribution < -0.4 is 10.6 Å². The molecule has 0 aliphatic heterocycles. The van der Waals surface area contributed by atoms with E-state index in [0.717, 1.165) is 38.7 Å². The van der Waals surface area contributed by atoms with Gasteiger partial charge in [-0.15, -0.1) is 0 Å². The Morgan fingerprint density at radius 3 is 2.37 bits per heavy atom. The number of aromatic nitrogens is 1. The molecule has 4 N–H and O–H groups in total. The molecule has 0 fully saturated rings. The number of fused-ring (bicyclic) bond motifs is 2. The van der Waals surface area contributed by atoms with E-state index in [4.69, 9.17) is 0 Å². The molecule has 3 aromatic carbocycles. The molecule has 43 heavy (non-hydrogen) atoms. The summed E-state index contributed by atoms with van der Waals surface area (Å²) < 4.78 is 0. The summed E-state index contributed by atoms with van der Waals surface area (Å²) in [5.74, 6) is -2.00. The number of benzene rings is 3. The lowest BCUT2D eigenvalue weighted by Gasteiger charge is -2.24. The fourth-order valence-corrected chi connectivity index (χ4v) is 5.89. The molecular weight excluding hydrogens is 537 g/mol. The number of hydrogen-bond donors (Lipinski definition) is 4. The topological polar surface area (TPSA) is 111 Å². The van der Waals surface area contributed by atoms with Crippen LogP contribution in [0.2, 0.25) is 6.82 Å². The van der Waals surface area contributed by atoms with Crippen molar-refractivity contribution in [3.8, 4) is 0 Å². The minimum Gasteiger partial charge on any atom is -0.449 e. The molecule has 220 valence electrons. The molecule has 5 rings (SSSR count). The third-order valence-electron chi connectivity index (χ3n) is 8.51. The Balaban J connectivity index is 1.31. The highest BCUT2D eigenvalue weighted by Crippen LogP contribution is 2.32. The molecule has 4 aromatic rings. The Kier molecular flexibility index (Phi) is 9.26. The lowest BCUT2D eigenvalue weighted by molar-refractivity contribution is -0.131. The quantitative estimate of drug-likeness (QED) is 0.184. The number of carbonyl (C=O) groups excluding carboxylic acids is 3. The van der Waals surface area contributed by atoms with Crippen molar-refractivity contribution in [1.82, 2.24) is 15.6 Å². The molecule has 0 radical (unpaired) electrons. The summed E-state index contributed by atoms with van der Waals surface area (Å²) in [6, 6.07) is 24.7. The Hall–Kier alpha value is -4.43. The Morgan fingerprint density at radius 1 is 0.930 bits per heavy atom. The van der Waals surface area contributed by atoms with Crippen molar-refractivity contribution < 1.29 is 19.4 Å². The normalized spacial score (nSPS) is 14.6. The second-order valence-corrected chi connectivity index (χ2v) is 11.6. The monoisotopic (exact) mass is 575 g/mol. The van der Waals surface area contributed by atoms with E-state index < -0.39 is 24.8 Å². The molecule has 2 amide bonds. The van der Waals surface area contributed by atoms with E-state index in [0.29, 0.717) is 24.8 Å². The summed E-state index contributed by atoms with van der Waals surface area (Å²) in [7, 11) is 0. The van der Waals surface area contributed by atoms with Gasteiger partial charge in [0.05, 0.1) is 6.04 Å². The van der Waals surface area contributed by atoms with E-state index in [1.165, 1.54) is 0 Å². The highest BCUT2D eigenvalue weighted by Gasteiger charge is 2.31. The molecule has 0 saturated heterocycles. The standard InChI is InChI=1S/C35H38BN3O4/c1-22-28-14-8-7-13-25(28)19-30(22)35(42)38-23(2)32(40)20-26(18-27-21-37-31-16-10-9-15-29(27)31)34(41)39-33(36(3)43)17-24-11-5-4-6-12-24/h4-16,21,23,26,33,37,43H,17-20H2,1-3H3,(H,38,42)(H,39,41)/t23-,26-,33+/m1/s1. The largest absolute Gasteiger partial charge is 0.449 e. The Labute approximate surface area is 252 Å². The van der Waals surface area contributed by atoms with Crippen LogP contribution in [0.25, 0.3) is 16.5 Å². The predicted molar refractivity (Wildman–Crippen MR) is 171 cm³/mol. The van der Waals surface area contributed by atoms with Gasteiger partial charge in [0.1, 0.15) is 0 Å². The van der Waals surface area contributed by atoms with Crippen LogP contribution in [0.15, 0.2) is 90.6 Å². The third kappa shape index (κ3) is 6.97. The van der Waals surface area contributed by atoms with Gasteiger partial charge < -0.3 is 20.6 Å². The molecule has 1 heterocycles. The van der Waals surface area contributed by atoms with Gasteiger partial charge in [-0.3, -0.25) is 14.4 Å². The zero-order valence-corrected chi connectivity index (χ0v) is 24.9. The van der Waals surface area contributed by atoms with Crippen molar-refractivity contribution in [2.24, 2.45) is 5.92 Å². The molecule has 0 spiro atoms. The van der Waals surface area contributed by atoms with E-state index in [1.807, 2.05) is 92.0 Å². The van der Waals surface area contributed by atoms with Gasteiger partial charge in [0.15, 0.2) is 5.78 Å². The first-order valence-electron chi connectivity index (χ1n) is 14.9. The smallest absolute Gasteiger partial charge is 0.309 e. The van der Waals surface area contributed by atoms with Crippen molar-refractivity contribution in [3.05, 3.63) is 113 Å². The number of rotatable bonds is 12. The van der Waals surface area contributed by atoms with Crippen LogP contribution in [0.3, 0.4) is 0 Å². The summed E-state index contributed by atoms with van der Waals surface area (Å²) >= 11 is 0. The summed E-state index contributed by atoms with van der Waals surface area (Å²) in [5, 5.41) is 17.4. The molecule has 3 atom stereocenters. The average Bonchev–Trinajstić information content (AvgIpc) is 3.57. The summed E-state index contributed by atoms with van der Waals surface area (Å²) in [6.45, 7) is 4.47. The average molecular weight is 576 g/mol. The molecule has 1 aliphatic carbocycles. The number of H-pyrrole nitrogens is 1. The number of allylic oxidation sites excluding steroid dienone is 1. The number of Topliss-reactive ketones (excluding diaryl/α,β-unsaturated/α-hetero) is 1. The minimum absolute atomic E-state index is 0.0527. The number of carbonyl (C=O) groups is 3. The maximum Gasteiger partial charge on any atom is 0.309 e. The first-order chi connectivity index (χ1) is 20.7. The van der Waals surface area contributed by atoms with Gasteiger partial charge in [-0.25, -0.2) is 0 Å². The molecule has 0 saturated carbocycles. The van der Waals surface area contributed by atoms with Gasteiger partial charge in [-0.05, 0) is 60.6 Å². The number of para-hydroxylation sites is 1. The molecule has 1 aromatic heterocycles. The number of amides is 2. The van der Waals surface area contributed by atoms with E-state index >= 15 is 0 Å². The van der Waals surface area contributed by atoms with Gasteiger partial charge in [0.25, 0.3) is 0 Å². The second-order valence-electron chi connectivity index (χ2n) is 11.6. The molecule has 0 unspecified atom stereocenters. The molecule has 1 aliphatic rings. The lowest BCUT2D eigenvalue weighted by atomic mass is 9.61. The van der Waals surface area contributed by atoms with Crippen LogP contribution in [-0.2, 0) is 33.6 Å². The summed E-state index contributed by atoms with van der Waals surface area (Å²) in [4.78, 5) is 43.8. The van der Waals surface area contributed by atoms with Gasteiger partial charge >= 0.3 is 6.92 Å². The number of nitrogens with one attached hydrogen (secondary N) is 3. The van der Waals surface area contributed by atoms with Crippen LogP contribution >= 0.6 is 0 Å². The van der Waals surface area contributed by atoms with Crippen molar-refractivity contribution >= 4 is 41.0 Å². The first-order valence-corrected chi connectivity index (χ1v) is 14.9.